The van der Waals surface area contributed by atoms with E-state index >= 15 is 0 Å². The van der Waals surface area contributed by atoms with Crippen molar-refractivity contribution in [2.45, 2.75) is 44.2 Å². The molecular weight excluding hydrogens is 324 g/mol. The van der Waals surface area contributed by atoms with Crippen LogP contribution in [0.25, 0.3) is 11.3 Å². The van der Waals surface area contributed by atoms with E-state index in [-0.39, 0.29) is 5.92 Å². The lowest BCUT2D eigenvalue weighted by atomic mass is 9.88. The quantitative estimate of drug-likeness (QED) is 0.903. The number of rotatable bonds is 2. The normalized spacial score (nSPS) is 27.4. The smallest absolute Gasteiger partial charge is 0.227 e. The molecule has 0 radical (unpaired) electrons. The number of carbonyl (C=O) groups excluding carboxylic acids is 1. The third-order valence-corrected chi connectivity index (χ3v) is 6.50. The number of carbonyl (C=O) groups is 1. The molecule has 0 aliphatic carbocycles. The van der Waals surface area contributed by atoms with E-state index in [1.165, 1.54) is 23.2 Å². The van der Waals surface area contributed by atoms with Gasteiger partial charge in [-0.3, -0.25) is 9.48 Å². The zero-order chi connectivity index (χ0) is 17.7. The summed E-state index contributed by atoms with van der Waals surface area (Å²) in [5.41, 5.74) is 4.85. The molecule has 0 saturated carbocycles. The highest BCUT2D eigenvalue weighted by Crippen LogP contribution is 2.35. The SMILES string of the molecule is Cn1nc(-c2ccccc2)c2c1CCN(C(=O)[C@H]1C[C@H]3CC[C@@H]1N3)CC2. The summed E-state index contributed by atoms with van der Waals surface area (Å²) in [5.74, 6) is 0.563. The average molecular weight is 350 g/mol. The van der Waals surface area contributed by atoms with Gasteiger partial charge in [0.15, 0.2) is 0 Å². The first-order valence-electron chi connectivity index (χ1n) is 9.85. The fraction of sp³-hybridized carbons (Fsp3) is 0.524. The molecular formula is C21H26N4O. The summed E-state index contributed by atoms with van der Waals surface area (Å²) in [6, 6.07) is 11.4. The molecule has 2 saturated heterocycles. The Balaban J connectivity index is 1.37. The molecule has 5 heteroatoms. The standard InChI is InChI=1S/C21H26N4O/c1-24-19-10-12-25(21(26)17-13-15-7-8-18(17)22-15)11-9-16(19)20(23-24)14-5-3-2-4-6-14/h2-6,15,17-18,22H,7-13H2,1H3/t15-,17+,18+/m1/s1. The Bertz CT molecular complexity index is 828. The van der Waals surface area contributed by atoms with Crippen LogP contribution in [0.5, 0.6) is 0 Å². The molecule has 2 fully saturated rings. The molecule has 1 N–H and O–H groups in total. The lowest BCUT2D eigenvalue weighted by Crippen LogP contribution is -2.42. The van der Waals surface area contributed by atoms with Crippen molar-refractivity contribution >= 4 is 5.91 Å². The Kier molecular flexibility index (Phi) is 3.85. The summed E-state index contributed by atoms with van der Waals surface area (Å²) in [4.78, 5) is 15.2. The van der Waals surface area contributed by atoms with Gasteiger partial charge in [-0.1, -0.05) is 30.3 Å². The van der Waals surface area contributed by atoms with Crippen LogP contribution in [-0.2, 0) is 24.7 Å². The van der Waals surface area contributed by atoms with Crippen molar-refractivity contribution in [3.63, 3.8) is 0 Å². The van der Waals surface area contributed by atoms with Crippen molar-refractivity contribution in [1.29, 1.82) is 0 Å². The van der Waals surface area contributed by atoms with E-state index in [1.54, 1.807) is 0 Å². The van der Waals surface area contributed by atoms with Gasteiger partial charge >= 0.3 is 0 Å². The van der Waals surface area contributed by atoms with Gasteiger partial charge in [0.05, 0.1) is 11.6 Å². The van der Waals surface area contributed by atoms with Gasteiger partial charge in [-0.25, -0.2) is 0 Å². The minimum atomic E-state index is 0.196. The minimum absolute atomic E-state index is 0.196. The molecule has 1 aromatic carbocycles. The van der Waals surface area contributed by atoms with Gasteiger partial charge in [-0.05, 0) is 25.7 Å². The van der Waals surface area contributed by atoms with Crippen molar-refractivity contribution in [3.05, 3.63) is 41.6 Å². The van der Waals surface area contributed by atoms with Crippen LogP contribution in [0.1, 0.15) is 30.5 Å². The molecule has 5 rings (SSSR count). The zero-order valence-electron chi connectivity index (χ0n) is 15.3. The first kappa shape index (κ1) is 16.1. The molecule has 4 heterocycles. The summed E-state index contributed by atoms with van der Waals surface area (Å²) in [5, 5.41) is 8.39. The molecule has 1 amide bonds. The highest BCUT2D eigenvalue weighted by Gasteiger charge is 2.44. The Morgan fingerprint density at radius 3 is 2.69 bits per heavy atom. The van der Waals surface area contributed by atoms with Crippen LogP contribution in [0.4, 0.5) is 0 Å². The predicted molar refractivity (Wildman–Crippen MR) is 101 cm³/mol. The van der Waals surface area contributed by atoms with Crippen LogP contribution in [-0.4, -0.2) is 45.8 Å². The first-order valence-corrected chi connectivity index (χ1v) is 9.85. The number of nitrogens with zero attached hydrogens (tertiary/aromatic N) is 3. The van der Waals surface area contributed by atoms with Crippen molar-refractivity contribution in [2.75, 3.05) is 13.1 Å². The molecule has 2 aromatic rings. The van der Waals surface area contributed by atoms with Crippen LogP contribution >= 0.6 is 0 Å². The second-order valence-corrected chi connectivity index (χ2v) is 7.98. The van der Waals surface area contributed by atoms with Gasteiger partial charge in [0.2, 0.25) is 5.91 Å². The van der Waals surface area contributed by atoms with E-state index in [0.29, 0.717) is 18.0 Å². The fourth-order valence-corrected chi connectivity index (χ4v) is 5.16. The number of hydrogen-bond donors (Lipinski definition) is 1. The van der Waals surface area contributed by atoms with Gasteiger partial charge in [0.1, 0.15) is 0 Å². The Morgan fingerprint density at radius 1 is 1.15 bits per heavy atom. The number of hydrogen-bond acceptors (Lipinski definition) is 3. The van der Waals surface area contributed by atoms with Crippen LogP contribution in [0.15, 0.2) is 30.3 Å². The van der Waals surface area contributed by atoms with Crippen molar-refractivity contribution in [3.8, 4) is 11.3 Å². The molecule has 0 spiro atoms. The summed E-state index contributed by atoms with van der Waals surface area (Å²) >= 11 is 0. The Morgan fingerprint density at radius 2 is 1.96 bits per heavy atom. The molecule has 3 aliphatic rings. The molecule has 136 valence electrons. The summed E-state index contributed by atoms with van der Waals surface area (Å²) < 4.78 is 2.02. The summed E-state index contributed by atoms with van der Waals surface area (Å²) in [6.07, 6.45) is 5.23. The minimum Gasteiger partial charge on any atom is -0.342 e. The first-order chi connectivity index (χ1) is 12.7. The monoisotopic (exact) mass is 350 g/mol. The van der Waals surface area contributed by atoms with Gasteiger partial charge in [0.25, 0.3) is 0 Å². The van der Waals surface area contributed by atoms with Crippen molar-refractivity contribution in [2.24, 2.45) is 13.0 Å². The highest BCUT2D eigenvalue weighted by atomic mass is 16.2. The molecule has 3 atom stereocenters. The number of nitrogens with one attached hydrogen (secondary N) is 1. The lowest BCUT2D eigenvalue weighted by molar-refractivity contribution is -0.136. The number of fused-ring (bicyclic) bond motifs is 3. The number of aryl methyl sites for hydroxylation is 1. The number of amides is 1. The van der Waals surface area contributed by atoms with Gasteiger partial charge in [0, 0.05) is 55.5 Å². The van der Waals surface area contributed by atoms with E-state index in [1.807, 2.05) is 17.8 Å². The maximum atomic E-state index is 13.1. The molecule has 0 unspecified atom stereocenters. The largest absolute Gasteiger partial charge is 0.342 e. The number of benzene rings is 1. The van der Waals surface area contributed by atoms with Gasteiger partial charge < -0.3 is 10.2 Å². The molecule has 26 heavy (non-hydrogen) atoms. The van der Waals surface area contributed by atoms with Crippen molar-refractivity contribution in [1.82, 2.24) is 20.0 Å². The van der Waals surface area contributed by atoms with E-state index in [4.69, 9.17) is 5.10 Å². The Hall–Kier alpha value is -2.14. The van der Waals surface area contributed by atoms with E-state index in [2.05, 4.69) is 34.5 Å². The second kappa shape index (κ2) is 6.23. The molecule has 5 nitrogen and oxygen atoms in total. The van der Waals surface area contributed by atoms with E-state index in [0.717, 1.165) is 44.5 Å². The van der Waals surface area contributed by atoms with E-state index < -0.39 is 0 Å². The van der Waals surface area contributed by atoms with Crippen LogP contribution in [0, 0.1) is 5.92 Å². The van der Waals surface area contributed by atoms with Gasteiger partial charge in [-0.15, -0.1) is 0 Å². The third-order valence-electron chi connectivity index (χ3n) is 6.50. The third kappa shape index (κ3) is 2.57. The van der Waals surface area contributed by atoms with Crippen LogP contribution < -0.4 is 5.32 Å². The van der Waals surface area contributed by atoms with Crippen LogP contribution in [0.2, 0.25) is 0 Å². The maximum Gasteiger partial charge on any atom is 0.227 e. The average Bonchev–Trinajstić information content (AvgIpc) is 3.33. The lowest BCUT2D eigenvalue weighted by Gasteiger charge is -2.27. The molecule has 1 aromatic heterocycles. The zero-order valence-corrected chi connectivity index (χ0v) is 15.3. The second-order valence-electron chi connectivity index (χ2n) is 7.98. The Labute approximate surface area is 154 Å². The summed E-state index contributed by atoms with van der Waals surface area (Å²) in [7, 11) is 2.03. The highest BCUT2D eigenvalue weighted by molar-refractivity contribution is 5.80. The van der Waals surface area contributed by atoms with E-state index in [9.17, 15) is 4.79 Å². The van der Waals surface area contributed by atoms with Crippen LogP contribution in [0.3, 0.4) is 0 Å². The molecule has 2 bridgehead atoms. The molecule has 3 aliphatic heterocycles. The van der Waals surface area contributed by atoms with Gasteiger partial charge in [-0.2, -0.15) is 5.10 Å². The maximum absolute atomic E-state index is 13.1. The van der Waals surface area contributed by atoms with Crippen molar-refractivity contribution < 1.29 is 4.79 Å². The number of aromatic nitrogens is 2. The summed E-state index contributed by atoms with van der Waals surface area (Å²) in [6.45, 7) is 1.62. The topological polar surface area (TPSA) is 50.2 Å². The predicted octanol–water partition coefficient (Wildman–Crippen LogP) is 2.15. The fourth-order valence-electron chi connectivity index (χ4n) is 5.16.